The molecule has 0 unspecified atom stereocenters. The highest BCUT2D eigenvalue weighted by atomic mass is 19.1. The van der Waals surface area contributed by atoms with Gasteiger partial charge in [-0.05, 0) is 23.6 Å². The van der Waals surface area contributed by atoms with Gasteiger partial charge in [0.15, 0.2) is 11.6 Å². The van der Waals surface area contributed by atoms with Crippen molar-refractivity contribution < 1.29 is 13.9 Å². The zero-order chi connectivity index (χ0) is 14.3. The highest BCUT2D eigenvalue weighted by molar-refractivity contribution is 5.77. The number of amides is 1. The van der Waals surface area contributed by atoms with Crippen LogP contribution in [0.25, 0.3) is 0 Å². The van der Waals surface area contributed by atoms with Crippen LogP contribution < -0.4 is 15.4 Å². The van der Waals surface area contributed by atoms with Crippen LogP contribution in [0.15, 0.2) is 18.2 Å². The van der Waals surface area contributed by atoms with Crippen molar-refractivity contribution in [2.24, 2.45) is 5.92 Å². The normalized spacial score (nSPS) is 10.6. The molecule has 106 valence electrons. The number of hydrogen-bond donors (Lipinski definition) is 2. The molecule has 0 heterocycles. The summed E-state index contributed by atoms with van der Waals surface area (Å²) in [6.07, 6.45) is 0. The summed E-state index contributed by atoms with van der Waals surface area (Å²) in [5.41, 5.74) is 0.773. The van der Waals surface area contributed by atoms with Gasteiger partial charge in [0, 0.05) is 13.1 Å². The number of halogens is 1. The quantitative estimate of drug-likeness (QED) is 0.791. The van der Waals surface area contributed by atoms with Gasteiger partial charge in [-0.2, -0.15) is 0 Å². The lowest BCUT2D eigenvalue weighted by Gasteiger charge is -2.09. The summed E-state index contributed by atoms with van der Waals surface area (Å²) < 4.78 is 18.3. The Morgan fingerprint density at radius 1 is 1.42 bits per heavy atom. The van der Waals surface area contributed by atoms with Crippen molar-refractivity contribution in [1.82, 2.24) is 10.6 Å². The van der Waals surface area contributed by atoms with E-state index in [2.05, 4.69) is 10.6 Å². The second-order valence-electron chi connectivity index (χ2n) is 4.77. The minimum Gasteiger partial charge on any atom is -0.494 e. The van der Waals surface area contributed by atoms with Gasteiger partial charge in [0.25, 0.3) is 0 Å². The maximum Gasteiger partial charge on any atom is 0.233 e. The predicted octanol–water partition coefficient (Wildman–Crippen LogP) is 1.70. The van der Waals surface area contributed by atoms with Crippen molar-refractivity contribution in [2.75, 3.05) is 20.2 Å². The fraction of sp³-hybridized carbons (Fsp3) is 0.500. The minimum atomic E-state index is -0.397. The monoisotopic (exact) mass is 268 g/mol. The first-order chi connectivity index (χ1) is 9.02. The Kier molecular flexibility index (Phi) is 6.29. The summed E-state index contributed by atoms with van der Waals surface area (Å²) in [7, 11) is 1.43. The molecule has 0 aromatic heterocycles. The van der Waals surface area contributed by atoms with Gasteiger partial charge in [-0.3, -0.25) is 4.79 Å². The smallest absolute Gasteiger partial charge is 0.233 e. The predicted molar refractivity (Wildman–Crippen MR) is 72.5 cm³/mol. The minimum absolute atomic E-state index is 0.0531. The Balaban J connectivity index is 2.33. The summed E-state index contributed by atoms with van der Waals surface area (Å²) >= 11 is 0. The van der Waals surface area contributed by atoms with Crippen LogP contribution in [0.5, 0.6) is 5.75 Å². The molecular weight excluding hydrogens is 247 g/mol. The van der Waals surface area contributed by atoms with E-state index in [1.54, 1.807) is 12.1 Å². The first kappa shape index (κ1) is 15.4. The van der Waals surface area contributed by atoms with Gasteiger partial charge in [-0.1, -0.05) is 19.9 Å². The molecule has 1 rings (SSSR count). The molecule has 0 radical (unpaired) electrons. The van der Waals surface area contributed by atoms with Crippen LogP contribution in [0.1, 0.15) is 19.4 Å². The van der Waals surface area contributed by atoms with Gasteiger partial charge >= 0.3 is 0 Å². The van der Waals surface area contributed by atoms with E-state index in [4.69, 9.17) is 4.74 Å². The van der Waals surface area contributed by atoms with Crippen molar-refractivity contribution in [3.63, 3.8) is 0 Å². The second-order valence-corrected chi connectivity index (χ2v) is 4.77. The molecule has 1 aromatic rings. The highest BCUT2D eigenvalue weighted by Crippen LogP contribution is 2.17. The number of nitrogens with one attached hydrogen (secondary N) is 2. The van der Waals surface area contributed by atoms with E-state index < -0.39 is 5.82 Å². The average molecular weight is 268 g/mol. The standard InChI is InChI=1S/C14H21FN2O2/c1-10(2)7-17-14(18)9-16-8-11-4-5-13(19-3)12(15)6-11/h4-6,10,16H,7-9H2,1-3H3,(H,17,18). The summed E-state index contributed by atoms with van der Waals surface area (Å²) in [4.78, 5) is 11.4. The number of rotatable bonds is 7. The largest absolute Gasteiger partial charge is 0.494 e. The first-order valence-corrected chi connectivity index (χ1v) is 6.32. The van der Waals surface area contributed by atoms with E-state index in [-0.39, 0.29) is 18.2 Å². The van der Waals surface area contributed by atoms with Gasteiger partial charge in [-0.15, -0.1) is 0 Å². The van der Waals surface area contributed by atoms with Crippen LogP contribution in [0.4, 0.5) is 4.39 Å². The van der Waals surface area contributed by atoms with Crippen LogP contribution in [0, 0.1) is 11.7 Å². The van der Waals surface area contributed by atoms with Crippen LogP contribution in [-0.2, 0) is 11.3 Å². The molecule has 1 amide bonds. The van der Waals surface area contributed by atoms with Gasteiger partial charge in [0.05, 0.1) is 13.7 Å². The molecule has 4 nitrogen and oxygen atoms in total. The second kappa shape index (κ2) is 7.74. The van der Waals surface area contributed by atoms with Gasteiger partial charge < -0.3 is 15.4 Å². The van der Waals surface area contributed by atoms with Crippen molar-refractivity contribution in [1.29, 1.82) is 0 Å². The van der Waals surface area contributed by atoms with E-state index >= 15 is 0 Å². The van der Waals surface area contributed by atoms with Gasteiger partial charge in [-0.25, -0.2) is 4.39 Å². The number of benzene rings is 1. The van der Waals surface area contributed by atoms with E-state index in [9.17, 15) is 9.18 Å². The lowest BCUT2D eigenvalue weighted by Crippen LogP contribution is -2.35. The molecule has 0 bridgehead atoms. The Bertz CT molecular complexity index is 422. The van der Waals surface area contributed by atoms with Crippen LogP contribution in [-0.4, -0.2) is 26.1 Å². The number of carbonyl (C=O) groups is 1. The van der Waals surface area contributed by atoms with E-state index in [0.717, 1.165) is 5.56 Å². The fourth-order valence-electron chi connectivity index (χ4n) is 1.52. The number of ether oxygens (including phenoxy) is 1. The molecule has 0 aliphatic rings. The molecule has 0 saturated carbocycles. The molecule has 0 fully saturated rings. The number of methoxy groups -OCH3 is 1. The topological polar surface area (TPSA) is 50.4 Å². The third-order valence-corrected chi connectivity index (χ3v) is 2.54. The Labute approximate surface area is 113 Å². The SMILES string of the molecule is COc1ccc(CNCC(=O)NCC(C)C)cc1F. The Morgan fingerprint density at radius 3 is 2.74 bits per heavy atom. The third kappa shape index (κ3) is 5.70. The first-order valence-electron chi connectivity index (χ1n) is 6.32. The van der Waals surface area contributed by atoms with E-state index in [1.165, 1.54) is 13.2 Å². The third-order valence-electron chi connectivity index (χ3n) is 2.54. The number of carbonyl (C=O) groups excluding carboxylic acids is 1. The Morgan fingerprint density at radius 2 is 2.16 bits per heavy atom. The van der Waals surface area contributed by atoms with Crippen LogP contribution >= 0.6 is 0 Å². The van der Waals surface area contributed by atoms with E-state index in [1.807, 2.05) is 13.8 Å². The Hall–Kier alpha value is -1.62. The molecule has 5 heteroatoms. The number of hydrogen-bond acceptors (Lipinski definition) is 3. The highest BCUT2D eigenvalue weighted by Gasteiger charge is 2.05. The molecule has 0 aliphatic heterocycles. The molecule has 19 heavy (non-hydrogen) atoms. The average Bonchev–Trinajstić information content (AvgIpc) is 2.36. The molecule has 0 spiro atoms. The summed E-state index contributed by atoms with van der Waals surface area (Å²) in [5, 5.41) is 5.77. The van der Waals surface area contributed by atoms with Crippen molar-refractivity contribution in [3.8, 4) is 5.75 Å². The molecule has 2 N–H and O–H groups in total. The molecule has 1 aromatic carbocycles. The molecule has 0 saturated heterocycles. The maximum absolute atomic E-state index is 13.4. The van der Waals surface area contributed by atoms with Crippen molar-refractivity contribution in [2.45, 2.75) is 20.4 Å². The van der Waals surface area contributed by atoms with Gasteiger partial charge in [0.2, 0.25) is 5.91 Å². The van der Waals surface area contributed by atoms with E-state index in [0.29, 0.717) is 19.0 Å². The van der Waals surface area contributed by atoms with Crippen LogP contribution in [0.3, 0.4) is 0 Å². The molecule has 0 atom stereocenters. The van der Waals surface area contributed by atoms with Crippen molar-refractivity contribution >= 4 is 5.91 Å². The molecule has 0 aliphatic carbocycles. The lowest BCUT2D eigenvalue weighted by atomic mass is 10.2. The van der Waals surface area contributed by atoms with Gasteiger partial charge in [0.1, 0.15) is 0 Å². The zero-order valence-corrected chi connectivity index (χ0v) is 11.6. The lowest BCUT2D eigenvalue weighted by molar-refractivity contribution is -0.120. The summed E-state index contributed by atoms with van der Waals surface area (Å²) in [5.74, 6) is 0.201. The zero-order valence-electron chi connectivity index (χ0n) is 11.6. The fourth-order valence-corrected chi connectivity index (χ4v) is 1.52. The van der Waals surface area contributed by atoms with Crippen molar-refractivity contribution in [3.05, 3.63) is 29.6 Å². The summed E-state index contributed by atoms with van der Waals surface area (Å²) in [6.45, 7) is 5.40. The maximum atomic E-state index is 13.4. The van der Waals surface area contributed by atoms with Crippen LogP contribution in [0.2, 0.25) is 0 Å². The summed E-state index contributed by atoms with van der Waals surface area (Å²) in [6, 6.07) is 4.74. The molecular formula is C14H21FN2O2.